The van der Waals surface area contributed by atoms with Gasteiger partial charge in [-0.25, -0.2) is 0 Å². The topological polar surface area (TPSA) is 42.9 Å². The summed E-state index contributed by atoms with van der Waals surface area (Å²) in [5.41, 5.74) is 7.10. The normalized spacial score (nSPS) is 9.76. The summed E-state index contributed by atoms with van der Waals surface area (Å²) in [5, 5.41) is 6.15. The molecular weight excluding hydrogens is 406 g/mol. The summed E-state index contributed by atoms with van der Waals surface area (Å²) in [6.45, 7) is 29.5. The van der Waals surface area contributed by atoms with Crippen LogP contribution in [0.4, 0.5) is 0 Å². The summed E-state index contributed by atoms with van der Waals surface area (Å²) in [4.78, 5) is 8.11. The SMILES string of the molecule is CC(C)=C(C)N(C)C.CN(C)C(C)(C)C.CN=C(C)C.CNC(C)(C)C.CNC(C)=C(C)C. The molecule has 0 bridgehead atoms. The predicted molar refractivity (Wildman–Crippen MR) is 158 cm³/mol. The Labute approximate surface area is 211 Å². The van der Waals surface area contributed by atoms with E-state index in [1.165, 1.54) is 22.5 Å². The first-order valence-electron chi connectivity index (χ1n) is 11.9. The van der Waals surface area contributed by atoms with Gasteiger partial charge in [-0.15, -0.1) is 0 Å². The average Bonchev–Trinajstić information content (AvgIpc) is 2.66. The molecule has 0 unspecified atom stereocenters. The molecule has 0 aliphatic heterocycles. The van der Waals surface area contributed by atoms with Gasteiger partial charge in [-0.2, -0.15) is 0 Å². The Morgan fingerprint density at radius 3 is 0.939 bits per heavy atom. The lowest BCUT2D eigenvalue weighted by Crippen LogP contribution is -2.34. The van der Waals surface area contributed by atoms with Gasteiger partial charge in [-0.05, 0) is 118 Å². The third kappa shape index (κ3) is 45.0. The van der Waals surface area contributed by atoms with E-state index < -0.39 is 0 Å². The molecule has 0 fully saturated rings. The number of aliphatic imine (C=N–C) groups is 1. The summed E-state index contributed by atoms with van der Waals surface area (Å²) >= 11 is 0. The summed E-state index contributed by atoms with van der Waals surface area (Å²) in [7, 11) is 14.0. The number of hydrogen-bond acceptors (Lipinski definition) is 5. The van der Waals surface area contributed by atoms with E-state index in [9.17, 15) is 0 Å². The van der Waals surface area contributed by atoms with Gasteiger partial charge in [0, 0.05) is 56.4 Å². The first-order chi connectivity index (χ1) is 14.5. The van der Waals surface area contributed by atoms with Crippen molar-refractivity contribution in [2.24, 2.45) is 4.99 Å². The molecule has 0 aromatic carbocycles. The maximum atomic E-state index is 3.81. The lowest BCUT2D eigenvalue weighted by Gasteiger charge is -2.27. The van der Waals surface area contributed by atoms with E-state index in [4.69, 9.17) is 0 Å². The highest BCUT2D eigenvalue weighted by Gasteiger charge is 2.10. The molecule has 0 aromatic heterocycles. The largest absolute Gasteiger partial charge is 0.392 e. The monoisotopic (exact) mass is 472 g/mol. The number of rotatable bonds is 2. The Kier molecular flexibility index (Phi) is 28.5. The van der Waals surface area contributed by atoms with Crippen molar-refractivity contribution in [3.63, 3.8) is 0 Å². The lowest BCUT2D eigenvalue weighted by atomic mass is 10.1. The van der Waals surface area contributed by atoms with Crippen molar-refractivity contribution in [2.45, 2.75) is 108 Å². The molecule has 0 atom stereocenters. The summed E-state index contributed by atoms with van der Waals surface area (Å²) in [5.74, 6) is 0. The van der Waals surface area contributed by atoms with Crippen molar-refractivity contribution in [3.05, 3.63) is 22.5 Å². The highest BCUT2D eigenvalue weighted by molar-refractivity contribution is 5.78. The second kappa shape index (κ2) is 22.5. The van der Waals surface area contributed by atoms with Crippen LogP contribution < -0.4 is 10.6 Å². The average molecular weight is 472 g/mol. The molecule has 0 saturated carbocycles. The van der Waals surface area contributed by atoms with Crippen LogP contribution in [0.15, 0.2) is 27.5 Å². The van der Waals surface area contributed by atoms with E-state index in [1.807, 2.05) is 27.9 Å². The molecule has 0 aliphatic rings. The molecule has 5 heteroatoms. The van der Waals surface area contributed by atoms with Crippen molar-refractivity contribution >= 4 is 5.71 Å². The minimum Gasteiger partial charge on any atom is -0.392 e. The maximum Gasteiger partial charge on any atom is 0.0276 e. The van der Waals surface area contributed by atoms with Crippen molar-refractivity contribution in [1.29, 1.82) is 0 Å². The first-order valence-corrected chi connectivity index (χ1v) is 11.9. The Hall–Kier alpha value is -1.33. The molecule has 0 saturated heterocycles. The van der Waals surface area contributed by atoms with E-state index >= 15 is 0 Å². The molecule has 202 valence electrons. The zero-order chi connectivity index (χ0) is 28.2. The van der Waals surface area contributed by atoms with Crippen molar-refractivity contribution in [2.75, 3.05) is 49.3 Å². The highest BCUT2D eigenvalue weighted by Crippen LogP contribution is 2.05. The van der Waals surface area contributed by atoms with Gasteiger partial charge in [-0.1, -0.05) is 11.1 Å². The lowest BCUT2D eigenvalue weighted by molar-refractivity contribution is 0.219. The fraction of sp³-hybridized carbons (Fsp3) is 0.821. The Bertz CT molecular complexity index is 528. The third-order valence-corrected chi connectivity index (χ3v) is 5.06. The molecule has 2 N–H and O–H groups in total. The van der Waals surface area contributed by atoms with E-state index in [-0.39, 0.29) is 0 Å². The molecular formula is C28H65N5. The predicted octanol–water partition coefficient (Wildman–Crippen LogP) is 6.83. The van der Waals surface area contributed by atoms with Gasteiger partial charge in [0.2, 0.25) is 0 Å². The van der Waals surface area contributed by atoms with E-state index in [2.05, 4.69) is 137 Å². The smallest absolute Gasteiger partial charge is 0.0276 e. The Balaban J connectivity index is -0.0000000998. The van der Waals surface area contributed by atoms with Gasteiger partial charge in [0.05, 0.1) is 0 Å². The van der Waals surface area contributed by atoms with Crippen LogP contribution in [0.25, 0.3) is 0 Å². The van der Waals surface area contributed by atoms with Crippen molar-refractivity contribution in [3.8, 4) is 0 Å². The molecule has 0 aromatic rings. The summed E-state index contributed by atoms with van der Waals surface area (Å²) in [6.07, 6.45) is 0. The van der Waals surface area contributed by atoms with Gasteiger partial charge in [-0.3, -0.25) is 4.99 Å². The molecule has 0 rings (SSSR count). The third-order valence-electron chi connectivity index (χ3n) is 5.06. The molecule has 5 nitrogen and oxygen atoms in total. The fourth-order valence-corrected chi connectivity index (χ4v) is 0.697. The second-order valence-electron chi connectivity index (χ2n) is 11.1. The quantitative estimate of drug-likeness (QED) is 0.433. The van der Waals surface area contributed by atoms with Crippen LogP contribution in [0.2, 0.25) is 0 Å². The van der Waals surface area contributed by atoms with Crippen molar-refractivity contribution in [1.82, 2.24) is 20.4 Å². The van der Waals surface area contributed by atoms with Gasteiger partial charge in [0.1, 0.15) is 0 Å². The summed E-state index contributed by atoms with van der Waals surface area (Å²) in [6, 6.07) is 0. The standard InChI is InChI=1S/C7H15N.C6H15N.C6H13N.C5H13N.C4H9N/c1-6(2)7(3)8(4)5;1-6(2,3)7(4)5;1-5(2)6(3)7-4;1-5(2,3)6-4;1-4(2)5-3/h1-5H3;1-5H3;7H,1-4H3;6H,1-4H3;1-3H3. The molecule has 33 heavy (non-hydrogen) atoms. The Morgan fingerprint density at radius 1 is 0.667 bits per heavy atom. The molecule has 0 spiro atoms. The fourth-order valence-electron chi connectivity index (χ4n) is 0.697. The number of allylic oxidation sites excluding steroid dienone is 4. The number of nitrogens with one attached hydrogen (secondary N) is 2. The van der Waals surface area contributed by atoms with Crippen LogP contribution in [0.5, 0.6) is 0 Å². The molecule has 0 aliphatic carbocycles. The maximum absolute atomic E-state index is 3.81. The van der Waals surface area contributed by atoms with Crippen LogP contribution >= 0.6 is 0 Å². The summed E-state index contributed by atoms with van der Waals surface area (Å²) < 4.78 is 0. The van der Waals surface area contributed by atoms with Crippen LogP contribution in [0.1, 0.15) is 96.9 Å². The van der Waals surface area contributed by atoms with Gasteiger partial charge in [0.15, 0.2) is 0 Å². The molecule has 0 radical (unpaired) electrons. The van der Waals surface area contributed by atoms with Crippen LogP contribution in [0.3, 0.4) is 0 Å². The van der Waals surface area contributed by atoms with Crippen LogP contribution in [-0.2, 0) is 0 Å². The van der Waals surface area contributed by atoms with Crippen LogP contribution in [0, 0.1) is 0 Å². The zero-order valence-corrected chi connectivity index (χ0v) is 26.8. The van der Waals surface area contributed by atoms with Gasteiger partial charge >= 0.3 is 0 Å². The van der Waals surface area contributed by atoms with Gasteiger partial charge in [0.25, 0.3) is 0 Å². The minimum atomic E-state index is 0.292. The molecule has 0 heterocycles. The Morgan fingerprint density at radius 2 is 0.939 bits per heavy atom. The van der Waals surface area contributed by atoms with E-state index in [0.29, 0.717) is 11.1 Å². The van der Waals surface area contributed by atoms with Gasteiger partial charge < -0.3 is 20.4 Å². The van der Waals surface area contributed by atoms with Crippen LogP contribution in [-0.4, -0.2) is 75.9 Å². The second-order valence-corrected chi connectivity index (χ2v) is 11.1. The minimum absolute atomic E-state index is 0.292. The van der Waals surface area contributed by atoms with Crippen molar-refractivity contribution < 1.29 is 0 Å². The first kappa shape index (κ1) is 41.9. The number of hydrogen-bond donors (Lipinski definition) is 2. The number of nitrogens with zero attached hydrogens (tertiary/aromatic N) is 3. The van der Waals surface area contributed by atoms with E-state index in [1.54, 1.807) is 7.05 Å². The zero-order valence-electron chi connectivity index (χ0n) is 26.8. The highest BCUT2D eigenvalue weighted by atomic mass is 15.1. The molecule has 0 amide bonds. The van der Waals surface area contributed by atoms with E-state index in [0.717, 1.165) is 5.71 Å².